The van der Waals surface area contributed by atoms with Crippen molar-refractivity contribution >= 4 is 7.82 Å². The Morgan fingerprint density at radius 1 is 0.561 bits per heavy atom. The van der Waals surface area contributed by atoms with Gasteiger partial charge in [-0.1, -0.05) is 146 Å². The maximum absolute atomic E-state index is 14.5. The Kier molecular flexibility index (Phi) is 11.8. The lowest BCUT2D eigenvalue weighted by atomic mass is 9.80. The highest BCUT2D eigenvalue weighted by molar-refractivity contribution is 7.49. The molecule has 0 unspecified atom stereocenters. The number of hydrogen-bond acceptors (Lipinski definition) is 4. The number of unbranched alkanes of at least 4 members (excludes halogenated alkanes) is 5. The van der Waals surface area contributed by atoms with E-state index in [-0.39, 0.29) is 21.7 Å². The highest BCUT2D eigenvalue weighted by atomic mass is 31.2. The Hall–Kier alpha value is -1.77. The molecule has 0 aliphatic carbocycles. The summed E-state index contributed by atoms with van der Waals surface area (Å²) < 4.78 is 33.3. The molecule has 5 heteroatoms. The molecule has 0 N–H and O–H groups in total. The minimum Gasteiger partial charge on any atom is -0.395 e. The number of hydrogen-bond donors (Lipinski definition) is 0. The van der Waals surface area contributed by atoms with E-state index in [1.807, 2.05) is 12.1 Å². The van der Waals surface area contributed by atoms with Crippen LogP contribution in [0.1, 0.15) is 151 Å². The number of phosphoric acid groups is 1. The van der Waals surface area contributed by atoms with Crippen molar-refractivity contribution in [3.63, 3.8) is 0 Å². The van der Waals surface area contributed by atoms with Gasteiger partial charge < -0.3 is 9.05 Å². The first kappa shape index (κ1) is 35.4. The van der Waals surface area contributed by atoms with Crippen LogP contribution in [-0.4, -0.2) is 6.61 Å². The van der Waals surface area contributed by atoms with Gasteiger partial charge >= 0.3 is 7.82 Å². The Morgan fingerprint density at radius 3 is 1.32 bits per heavy atom. The van der Waals surface area contributed by atoms with Crippen LogP contribution in [0.3, 0.4) is 0 Å². The Bertz CT molecular complexity index is 1090. The summed E-state index contributed by atoms with van der Waals surface area (Å²) in [5.74, 6) is 1.08. The molecule has 0 spiro atoms. The molecule has 41 heavy (non-hydrogen) atoms. The van der Waals surface area contributed by atoms with E-state index in [2.05, 4.69) is 114 Å². The van der Waals surface area contributed by atoms with Crippen LogP contribution in [-0.2, 0) is 30.7 Å². The molecule has 0 amide bonds. The van der Waals surface area contributed by atoms with E-state index in [9.17, 15) is 4.57 Å². The van der Waals surface area contributed by atoms with E-state index in [0.29, 0.717) is 18.1 Å². The fraction of sp³-hybridized carbons (Fsp3) is 0.667. The van der Waals surface area contributed by atoms with Gasteiger partial charge in [-0.2, -0.15) is 0 Å². The van der Waals surface area contributed by atoms with Gasteiger partial charge in [0.1, 0.15) is 11.5 Å². The largest absolute Gasteiger partial charge is 0.587 e. The van der Waals surface area contributed by atoms with E-state index < -0.39 is 7.82 Å². The molecule has 0 fully saturated rings. The summed E-state index contributed by atoms with van der Waals surface area (Å²) in [5, 5.41) is 0. The summed E-state index contributed by atoms with van der Waals surface area (Å²) in [5.41, 5.74) is 3.86. The Morgan fingerprint density at radius 2 is 0.951 bits per heavy atom. The van der Waals surface area contributed by atoms with Crippen LogP contribution in [0, 0.1) is 0 Å². The summed E-state index contributed by atoms with van der Waals surface area (Å²) in [6, 6.07) is 12.3. The first-order valence-electron chi connectivity index (χ1n) is 15.6. The molecule has 0 atom stereocenters. The van der Waals surface area contributed by atoms with Crippen LogP contribution in [0.2, 0.25) is 0 Å². The van der Waals surface area contributed by atoms with Crippen molar-refractivity contribution in [2.45, 2.75) is 150 Å². The molecule has 0 aliphatic rings. The lowest BCUT2D eigenvalue weighted by molar-refractivity contribution is 0.203. The molecule has 4 nitrogen and oxygen atoms in total. The van der Waals surface area contributed by atoms with Gasteiger partial charge in [0.2, 0.25) is 0 Å². The minimum absolute atomic E-state index is 0.0244. The molecule has 0 aliphatic heterocycles. The maximum atomic E-state index is 14.5. The molecular formula is C36H59O4P. The standard InChI is InChI=1S/C36H59O4P/c1-14-15-16-17-18-19-24-38-41(37,39-31-22-20-27(33(2,3)4)25-29(31)35(8,9)10)40-32-23-21-28(34(5,6)7)26-30(32)36(11,12)13/h20-23,25-26H,14-19,24H2,1-13H3. The molecule has 0 aromatic heterocycles. The zero-order chi connectivity index (χ0) is 31.3. The fourth-order valence-electron chi connectivity index (χ4n) is 4.70. The van der Waals surface area contributed by atoms with E-state index >= 15 is 0 Å². The third kappa shape index (κ3) is 10.8. The van der Waals surface area contributed by atoms with Crippen molar-refractivity contribution in [1.29, 1.82) is 0 Å². The first-order chi connectivity index (χ1) is 18.7. The lowest BCUT2D eigenvalue weighted by Gasteiger charge is -2.30. The Balaban J connectivity index is 2.52. The molecule has 2 rings (SSSR count). The summed E-state index contributed by atoms with van der Waals surface area (Å²) in [7, 11) is -4.03. The third-order valence-electron chi connectivity index (χ3n) is 7.47. The van der Waals surface area contributed by atoms with Crippen molar-refractivity contribution in [2.75, 3.05) is 6.61 Å². The van der Waals surface area contributed by atoms with Gasteiger partial charge in [-0.3, -0.25) is 4.52 Å². The average Bonchev–Trinajstić information content (AvgIpc) is 2.81. The van der Waals surface area contributed by atoms with Gasteiger partial charge in [0.15, 0.2) is 0 Å². The zero-order valence-corrected chi connectivity index (χ0v) is 29.4. The van der Waals surface area contributed by atoms with Gasteiger partial charge in [-0.05, 0) is 51.3 Å². The van der Waals surface area contributed by atoms with Gasteiger partial charge in [-0.25, -0.2) is 4.57 Å². The summed E-state index contributed by atoms with van der Waals surface area (Å²) >= 11 is 0. The maximum Gasteiger partial charge on any atom is 0.587 e. The number of phosphoric ester groups is 1. The average molecular weight is 587 g/mol. The van der Waals surface area contributed by atoms with Crippen molar-refractivity contribution in [2.24, 2.45) is 0 Å². The highest BCUT2D eigenvalue weighted by Gasteiger charge is 2.36. The molecule has 2 aromatic rings. The van der Waals surface area contributed by atoms with Crippen molar-refractivity contribution in [1.82, 2.24) is 0 Å². The second kappa shape index (κ2) is 13.7. The number of rotatable bonds is 12. The molecule has 0 radical (unpaired) electrons. The lowest BCUT2D eigenvalue weighted by Crippen LogP contribution is -2.19. The van der Waals surface area contributed by atoms with Crippen LogP contribution in [0.15, 0.2) is 36.4 Å². The molecule has 232 valence electrons. The van der Waals surface area contributed by atoms with Crippen molar-refractivity contribution < 1.29 is 18.1 Å². The van der Waals surface area contributed by atoms with Crippen LogP contribution in [0.4, 0.5) is 0 Å². The normalized spacial score (nSPS) is 13.4. The van der Waals surface area contributed by atoms with Crippen LogP contribution in [0.25, 0.3) is 0 Å². The highest BCUT2D eigenvalue weighted by Crippen LogP contribution is 2.53. The molecule has 0 heterocycles. The van der Waals surface area contributed by atoms with Gasteiger partial charge in [0.05, 0.1) is 6.61 Å². The van der Waals surface area contributed by atoms with Crippen molar-refractivity contribution in [3.05, 3.63) is 58.7 Å². The van der Waals surface area contributed by atoms with Crippen LogP contribution < -0.4 is 9.05 Å². The predicted molar refractivity (Wildman–Crippen MR) is 176 cm³/mol. The van der Waals surface area contributed by atoms with Crippen LogP contribution in [0.5, 0.6) is 11.5 Å². The first-order valence-corrected chi connectivity index (χ1v) is 17.1. The predicted octanol–water partition coefficient (Wildman–Crippen LogP) is 11.8. The van der Waals surface area contributed by atoms with E-state index in [4.69, 9.17) is 13.6 Å². The second-order valence-electron chi connectivity index (χ2n) is 15.7. The topological polar surface area (TPSA) is 44.8 Å². The summed E-state index contributed by atoms with van der Waals surface area (Å²) in [6.45, 7) is 28.6. The smallest absolute Gasteiger partial charge is 0.395 e. The molecular weight excluding hydrogens is 527 g/mol. The molecule has 0 saturated carbocycles. The monoisotopic (exact) mass is 586 g/mol. The second-order valence-corrected chi connectivity index (χ2v) is 17.2. The summed E-state index contributed by atoms with van der Waals surface area (Å²) in [4.78, 5) is 0. The van der Waals surface area contributed by atoms with Gasteiger partial charge in [0.25, 0.3) is 0 Å². The molecule has 0 bridgehead atoms. The van der Waals surface area contributed by atoms with Crippen LogP contribution >= 0.6 is 7.82 Å². The quantitative estimate of drug-likeness (QED) is 0.183. The Labute approximate surface area is 252 Å². The van der Waals surface area contributed by atoms with Gasteiger partial charge in [0, 0.05) is 11.1 Å². The third-order valence-corrected chi connectivity index (χ3v) is 8.81. The van der Waals surface area contributed by atoms with E-state index in [1.165, 1.54) is 30.4 Å². The summed E-state index contributed by atoms with van der Waals surface area (Å²) in [6.07, 6.45) is 6.65. The molecule has 0 saturated heterocycles. The van der Waals surface area contributed by atoms with Gasteiger partial charge in [-0.15, -0.1) is 0 Å². The van der Waals surface area contributed by atoms with Crippen molar-refractivity contribution in [3.8, 4) is 11.5 Å². The number of benzene rings is 2. The SMILES string of the molecule is CCCCCCCCOP(=O)(Oc1ccc(C(C)(C)C)cc1C(C)(C)C)Oc1ccc(C(C)(C)C)cc1C(C)(C)C. The van der Waals surface area contributed by atoms with E-state index in [0.717, 1.165) is 30.4 Å². The minimum atomic E-state index is -4.03. The van der Waals surface area contributed by atoms with E-state index in [1.54, 1.807) is 0 Å². The zero-order valence-electron chi connectivity index (χ0n) is 28.5. The molecule has 2 aromatic carbocycles. The fourth-order valence-corrected chi connectivity index (χ4v) is 5.99.